The smallest absolute Gasteiger partial charge is 0.249 e. The normalized spacial score (nSPS) is 30.0. The van der Waals surface area contributed by atoms with Gasteiger partial charge >= 0.3 is 0 Å². The van der Waals surface area contributed by atoms with Crippen molar-refractivity contribution in [2.75, 3.05) is 32.9 Å². The molecule has 4 rings (SSSR count). The molecule has 126 valence electrons. The number of rotatable bonds is 3. The maximum Gasteiger partial charge on any atom is 0.249 e. The van der Waals surface area contributed by atoms with E-state index in [4.69, 9.17) is 9.47 Å². The molecule has 0 aromatic carbocycles. The van der Waals surface area contributed by atoms with Gasteiger partial charge in [0.2, 0.25) is 5.91 Å². The first kappa shape index (κ1) is 15.1. The predicted octanol–water partition coefficient (Wildman–Crippen LogP) is 0.0107. The Kier molecular flexibility index (Phi) is 4.09. The van der Waals surface area contributed by atoms with E-state index in [1.165, 1.54) is 0 Å². The SMILES string of the molecule is Cn1ccnc1CN1C(=O)CO[C@H]2CN(C3CCOCC3)C[C@H]21. The molecule has 1 amide bonds. The molecule has 1 aromatic rings. The Morgan fingerprint density at radius 2 is 2.13 bits per heavy atom. The van der Waals surface area contributed by atoms with Crippen LogP contribution in [0.3, 0.4) is 0 Å². The number of fused-ring (bicyclic) bond motifs is 1. The first-order valence-electron chi connectivity index (χ1n) is 8.41. The molecular weight excluding hydrogens is 296 g/mol. The van der Waals surface area contributed by atoms with Gasteiger partial charge in [-0.2, -0.15) is 0 Å². The van der Waals surface area contributed by atoms with Gasteiger partial charge in [-0.25, -0.2) is 4.98 Å². The molecule has 0 spiro atoms. The summed E-state index contributed by atoms with van der Waals surface area (Å²) in [5, 5.41) is 0. The third-order valence-corrected chi connectivity index (χ3v) is 5.35. The summed E-state index contributed by atoms with van der Waals surface area (Å²) in [6.45, 7) is 4.24. The molecule has 0 unspecified atom stereocenters. The molecule has 3 aliphatic rings. The monoisotopic (exact) mass is 320 g/mol. The van der Waals surface area contributed by atoms with Crippen LogP contribution in [0.25, 0.3) is 0 Å². The van der Waals surface area contributed by atoms with Gasteiger partial charge in [-0.15, -0.1) is 0 Å². The molecule has 23 heavy (non-hydrogen) atoms. The number of hydrogen-bond acceptors (Lipinski definition) is 5. The Morgan fingerprint density at radius 1 is 1.30 bits per heavy atom. The second-order valence-corrected chi connectivity index (χ2v) is 6.69. The summed E-state index contributed by atoms with van der Waals surface area (Å²) in [7, 11) is 1.97. The number of amides is 1. The van der Waals surface area contributed by atoms with E-state index in [-0.39, 0.29) is 24.7 Å². The molecule has 0 saturated carbocycles. The van der Waals surface area contributed by atoms with Crippen LogP contribution in [0.2, 0.25) is 0 Å². The van der Waals surface area contributed by atoms with E-state index in [1.54, 1.807) is 6.20 Å². The Bertz CT molecular complexity index is 569. The fourth-order valence-corrected chi connectivity index (χ4v) is 3.95. The van der Waals surface area contributed by atoms with Crippen LogP contribution in [-0.2, 0) is 27.9 Å². The number of nitrogens with zero attached hydrogens (tertiary/aromatic N) is 4. The summed E-state index contributed by atoms with van der Waals surface area (Å²) in [5.74, 6) is 0.992. The molecule has 0 N–H and O–H groups in total. The van der Waals surface area contributed by atoms with E-state index in [1.807, 2.05) is 22.7 Å². The Balaban J connectivity index is 1.48. The number of ether oxygens (including phenoxy) is 2. The lowest BCUT2D eigenvalue weighted by Gasteiger charge is -2.36. The summed E-state index contributed by atoms with van der Waals surface area (Å²) >= 11 is 0. The van der Waals surface area contributed by atoms with Crippen LogP contribution in [-0.4, -0.2) is 76.4 Å². The van der Waals surface area contributed by atoms with Gasteiger partial charge in [-0.3, -0.25) is 9.69 Å². The zero-order valence-corrected chi connectivity index (χ0v) is 13.6. The van der Waals surface area contributed by atoms with E-state index in [9.17, 15) is 4.79 Å². The summed E-state index contributed by atoms with van der Waals surface area (Å²) in [4.78, 5) is 21.2. The molecule has 0 aliphatic carbocycles. The zero-order valence-electron chi connectivity index (χ0n) is 13.6. The fraction of sp³-hybridized carbons (Fsp3) is 0.750. The average molecular weight is 320 g/mol. The Hall–Kier alpha value is -1.44. The highest BCUT2D eigenvalue weighted by Crippen LogP contribution is 2.28. The van der Waals surface area contributed by atoms with Gasteiger partial charge in [0.15, 0.2) is 0 Å². The van der Waals surface area contributed by atoms with Gasteiger partial charge in [-0.05, 0) is 12.8 Å². The van der Waals surface area contributed by atoms with E-state index >= 15 is 0 Å². The van der Waals surface area contributed by atoms with E-state index in [2.05, 4.69) is 9.88 Å². The van der Waals surface area contributed by atoms with Gasteiger partial charge in [0.05, 0.1) is 18.7 Å². The number of likely N-dealkylation sites (tertiary alicyclic amines) is 1. The largest absolute Gasteiger partial charge is 0.381 e. The van der Waals surface area contributed by atoms with Crippen LogP contribution in [0.4, 0.5) is 0 Å². The number of hydrogen-bond donors (Lipinski definition) is 0. The molecule has 0 radical (unpaired) electrons. The highest BCUT2D eigenvalue weighted by Gasteiger charge is 2.45. The fourth-order valence-electron chi connectivity index (χ4n) is 3.95. The number of carbonyl (C=O) groups is 1. The molecular formula is C16H24N4O3. The average Bonchev–Trinajstić information content (AvgIpc) is 3.17. The van der Waals surface area contributed by atoms with Crippen molar-refractivity contribution in [2.24, 2.45) is 7.05 Å². The minimum Gasteiger partial charge on any atom is -0.381 e. The van der Waals surface area contributed by atoms with Crippen LogP contribution in [0.15, 0.2) is 12.4 Å². The third-order valence-electron chi connectivity index (χ3n) is 5.35. The maximum atomic E-state index is 12.4. The van der Waals surface area contributed by atoms with Gasteiger partial charge in [-0.1, -0.05) is 0 Å². The van der Waals surface area contributed by atoms with Crippen molar-refractivity contribution in [3.05, 3.63) is 18.2 Å². The first-order chi connectivity index (χ1) is 11.2. The second kappa shape index (κ2) is 6.22. The lowest BCUT2D eigenvalue weighted by Crippen LogP contribution is -2.53. The predicted molar refractivity (Wildman–Crippen MR) is 82.7 cm³/mol. The van der Waals surface area contributed by atoms with Crippen molar-refractivity contribution in [3.63, 3.8) is 0 Å². The van der Waals surface area contributed by atoms with Crippen LogP contribution < -0.4 is 0 Å². The Labute approximate surface area is 136 Å². The highest BCUT2D eigenvalue weighted by atomic mass is 16.5. The van der Waals surface area contributed by atoms with Gasteiger partial charge in [0.25, 0.3) is 0 Å². The highest BCUT2D eigenvalue weighted by molar-refractivity contribution is 5.78. The maximum absolute atomic E-state index is 12.4. The van der Waals surface area contributed by atoms with Crippen LogP contribution in [0, 0.1) is 0 Å². The van der Waals surface area contributed by atoms with Crippen LogP contribution >= 0.6 is 0 Å². The molecule has 4 heterocycles. The van der Waals surface area contributed by atoms with Crippen LogP contribution in [0.1, 0.15) is 18.7 Å². The van der Waals surface area contributed by atoms with Crippen molar-refractivity contribution in [2.45, 2.75) is 37.6 Å². The zero-order chi connectivity index (χ0) is 15.8. The minimum atomic E-state index is 0.0723. The molecule has 7 heteroatoms. The second-order valence-electron chi connectivity index (χ2n) is 6.69. The topological polar surface area (TPSA) is 59.8 Å². The Morgan fingerprint density at radius 3 is 2.87 bits per heavy atom. The molecule has 3 aliphatic heterocycles. The lowest BCUT2D eigenvalue weighted by molar-refractivity contribution is -0.154. The number of aromatic nitrogens is 2. The molecule has 7 nitrogen and oxygen atoms in total. The minimum absolute atomic E-state index is 0.0723. The van der Waals surface area contributed by atoms with Crippen molar-refractivity contribution >= 4 is 5.91 Å². The molecule has 1 aromatic heterocycles. The standard InChI is InChI=1S/C16H24N4O3/c1-18-5-4-17-15(18)10-20-13-8-19(12-2-6-22-7-3-12)9-14(13)23-11-16(20)21/h4-5,12-14H,2-3,6-11H2,1H3/t13-,14+/m1/s1. The summed E-state index contributed by atoms with van der Waals surface area (Å²) in [6, 6.07) is 0.693. The molecule has 3 fully saturated rings. The van der Waals surface area contributed by atoms with Gasteiger partial charge in [0.1, 0.15) is 12.4 Å². The number of morpholine rings is 1. The summed E-state index contributed by atoms with van der Waals surface area (Å²) in [6.07, 6.45) is 5.97. The van der Waals surface area contributed by atoms with Crippen molar-refractivity contribution in [1.29, 1.82) is 0 Å². The third kappa shape index (κ3) is 2.88. The van der Waals surface area contributed by atoms with Gasteiger partial charge in [0, 0.05) is 51.8 Å². The van der Waals surface area contributed by atoms with Crippen molar-refractivity contribution in [1.82, 2.24) is 19.4 Å². The summed E-state index contributed by atoms with van der Waals surface area (Å²) in [5.41, 5.74) is 0. The number of carbonyl (C=O) groups excluding carboxylic acids is 1. The summed E-state index contributed by atoms with van der Waals surface area (Å²) < 4.78 is 13.3. The molecule has 0 bridgehead atoms. The molecule has 2 atom stereocenters. The molecule has 3 saturated heterocycles. The quantitative estimate of drug-likeness (QED) is 0.785. The number of aryl methyl sites for hydroxylation is 1. The first-order valence-corrected chi connectivity index (χ1v) is 8.41. The van der Waals surface area contributed by atoms with Crippen molar-refractivity contribution < 1.29 is 14.3 Å². The van der Waals surface area contributed by atoms with Gasteiger partial charge < -0.3 is 18.9 Å². The van der Waals surface area contributed by atoms with Crippen LogP contribution in [0.5, 0.6) is 0 Å². The lowest BCUT2D eigenvalue weighted by atomic mass is 10.1. The van der Waals surface area contributed by atoms with E-state index in [0.29, 0.717) is 12.6 Å². The van der Waals surface area contributed by atoms with E-state index in [0.717, 1.165) is 45.0 Å². The van der Waals surface area contributed by atoms with Crippen molar-refractivity contribution in [3.8, 4) is 0 Å². The number of imidazole rings is 1. The van der Waals surface area contributed by atoms with E-state index < -0.39 is 0 Å².